The maximum Gasteiger partial charge on any atom is 0.245 e. The summed E-state index contributed by atoms with van der Waals surface area (Å²) in [5, 5.41) is 2.81. The molecule has 2 saturated heterocycles. The highest BCUT2D eigenvalue weighted by atomic mass is 16.5. The third-order valence-corrected chi connectivity index (χ3v) is 4.64. The summed E-state index contributed by atoms with van der Waals surface area (Å²) in [7, 11) is 0. The van der Waals surface area contributed by atoms with Crippen molar-refractivity contribution in [1.82, 2.24) is 10.2 Å². The lowest BCUT2D eigenvalue weighted by atomic mass is 9.86. The quantitative estimate of drug-likeness (QED) is 0.764. The second-order valence-electron chi connectivity index (χ2n) is 6.24. The molecular formula is C14H24N2O3. The van der Waals surface area contributed by atoms with E-state index in [2.05, 4.69) is 5.32 Å². The van der Waals surface area contributed by atoms with Crippen LogP contribution in [0.3, 0.4) is 0 Å². The van der Waals surface area contributed by atoms with Crippen LogP contribution in [0.15, 0.2) is 0 Å². The summed E-state index contributed by atoms with van der Waals surface area (Å²) in [5.74, 6) is -0.00738. The van der Waals surface area contributed by atoms with Crippen LogP contribution in [-0.4, -0.2) is 47.6 Å². The van der Waals surface area contributed by atoms with Crippen molar-refractivity contribution in [1.29, 1.82) is 0 Å². The van der Waals surface area contributed by atoms with Gasteiger partial charge in [-0.25, -0.2) is 0 Å². The minimum Gasteiger partial charge on any atom is -0.374 e. The van der Waals surface area contributed by atoms with Gasteiger partial charge in [0.1, 0.15) is 5.54 Å². The summed E-state index contributed by atoms with van der Waals surface area (Å²) in [5.41, 5.74) is -0.777. The predicted molar refractivity (Wildman–Crippen MR) is 71.5 cm³/mol. The molecule has 19 heavy (non-hydrogen) atoms. The lowest BCUT2D eigenvalue weighted by Crippen LogP contribution is -2.65. The predicted octanol–water partition coefficient (Wildman–Crippen LogP) is 0.783. The zero-order valence-corrected chi connectivity index (χ0v) is 12.4. The molecule has 0 spiro atoms. The van der Waals surface area contributed by atoms with Crippen LogP contribution in [0.5, 0.6) is 0 Å². The number of carbonyl (C=O) groups excluding carboxylic acids is 2. The van der Waals surface area contributed by atoms with Crippen molar-refractivity contribution in [3.63, 3.8) is 0 Å². The summed E-state index contributed by atoms with van der Waals surface area (Å²) in [6.45, 7) is 10.7. The number of hydrogen-bond acceptors (Lipinski definition) is 3. The maximum absolute atomic E-state index is 12.8. The van der Waals surface area contributed by atoms with Crippen LogP contribution in [0.1, 0.15) is 34.6 Å². The Morgan fingerprint density at radius 1 is 1.32 bits per heavy atom. The normalized spacial score (nSPS) is 38.2. The van der Waals surface area contributed by atoms with E-state index in [1.165, 1.54) is 0 Å². The van der Waals surface area contributed by atoms with Crippen LogP contribution in [0.2, 0.25) is 0 Å². The SMILES string of the molecule is CC1OC(C)C(C(=O)N2CCNC(=O)C2(C)C)C1C. The summed E-state index contributed by atoms with van der Waals surface area (Å²) in [6, 6.07) is 0. The van der Waals surface area contributed by atoms with E-state index in [0.717, 1.165) is 0 Å². The van der Waals surface area contributed by atoms with Gasteiger partial charge in [-0.1, -0.05) is 6.92 Å². The molecule has 0 aromatic rings. The maximum atomic E-state index is 12.8. The highest BCUT2D eigenvalue weighted by Crippen LogP contribution is 2.35. The molecule has 5 heteroatoms. The molecule has 5 nitrogen and oxygen atoms in total. The molecule has 2 heterocycles. The van der Waals surface area contributed by atoms with E-state index < -0.39 is 5.54 Å². The number of nitrogens with one attached hydrogen (secondary N) is 1. The molecule has 4 atom stereocenters. The molecule has 0 aliphatic carbocycles. The number of hydrogen-bond donors (Lipinski definition) is 1. The van der Waals surface area contributed by atoms with Gasteiger partial charge >= 0.3 is 0 Å². The molecule has 4 unspecified atom stereocenters. The van der Waals surface area contributed by atoms with Crippen molar-refractivity contribution in [3.8, 4) is 0 Å². The summed E-state index contributed by atoms with van der Waals surface area (Å²) in [4.78, 5) is 26.4. The second kappa shape index (κ2) is 4.78. The minimum atomic E-state index is -0.777. The van der Waals surface area contributed by atoms with E-state index in [0.29, 0.717) is 13.1 Å². The third-order valence-electron chi connectivity index (χ3n) is 4.64. The molecule has 0 radical (unpaired) electrons. The Morgan fingerprint density at radius 2 is 1.95 bits per heavy atom. The van der Waals surface area contributed by atoms with Crippen LogP contribution in [-0.2, 0) is 14.3 Å². The van der Waals surface area contributed by atoms with E-state index >= 15 is 0 Å². The summed E-state index contributed by atoms with van der Waals surface area (Å²) < 4.78 is 5.74. The van der Waals surface area contributed by atoms with Crippen molar-refractivity contribution in [3.05, 3.63) is 0 Å². The van der Waals surface area contributed by atoms with Gasteiger partial charge in [0.05, 0.1) is 18.1 Å². The fraction of sp³-hybridized carbons (Fsp3) is 0.857. The average molecular weight is 268 g/mol. The lowest BCUT2D eigenvalue weighted by Gasteiger charge is -2.43. The topological polar surface area (TPSA) is 58.6 Å². The van der Waals surface area contributed by atoms with Crippen molar-refractivity contribution < 1.29 is 14.3 Å². The lowest BCUT2D eigenvalue weighted by molar-refractivity contribution is -0.153. The van der Waals surface area contributed by atoms with E-state index in [9.17, 15) is 9.59 Å². The van der Waals surface area contributed by atoms with E-state index in [1.54, 1.807) is 18.7 Å². The van der Waals surface area contributed by atoms with E-state index in [-0.39, 0.29) is 35.9 Å². The number of carbonyl (C=O) groups is 2. The fourth-order valence-electron chi connectivity index (χ4n) is 3.16. The average Bonchev–Trinajstić information content (AvgIpc) is 2.56. The molecule has 0 bridgehead atoms. The van der Waals surface area contributed by atoms with Gasteiger partial charge in [0.2, 0.25) is 11.8 Å². The standard InChI is InChI=1S/C14H24N2O3/c1-8-9(2)19-10(3)11(8)12(17)16-7-6-15-13(18)14(16,4)5/h8-11H,6-7H2,1-5H3,(H,15,18). The van der Waals surface area contributed by atoms with Gasteiger partial charge in [-0.2, -0.15) is 0 Å². The van der Waals surface area contributed by atoms with Gasteiger partial charge in [0.25, 0.3) is 0 Å². The van der Waals surface area contributed by atoms with Crippen molar-refractivity contribution in [2.24, 2.45) is 11.8 Å². The highest BCUT2D eigenvalue weighted by Gasteiger charge is 2.48. The Hall–Kier alpha value is -1.10. The second-order valence-corrected chi connectivity index (χ2v) is 6.24. The van der Waals surface area contributed by atoms with Gasteiger partial charge in [0.15, 0.2) is 0 Å². The number of ether oxygens (including phenoxy) is 1. The Labute approximate surface area is 114 Å². The minimum absolute atomic E-state index is 0.0456. The first-order chi connectivity index (χ1) is 8.76. The molecule has 2 aliphatic heterocycles. The molecule has 0 aromatic carbocycles. The van der Waals surface area contributed by atoms with Crippen LogP contribution in [0, 0.1) is 11.8 Å². The van der Waals surface area contributed by atoms with Gasteiger partial charge in [-0.15, -0.1) is 0 Å². The molecule has 1 N–H and O–H groups in total. The van der Waals surface area contributed by atoms with Gasteiger partial charge in [0, 0.05) is 13.1 Å². The number of piperazine rings is 1. The Balaban J connectivity index is 2.21. The van der Waals surface area contributed by atoms with Gasteiger partial charge in [-0.3, -0.25) is 9.59 Å². The molecule has 0 saturated carbocycles. The van der Waals surface area contributed by atoms with Gasteiger partial charge in [-0.05, 0) is 33.6 Å². The van der Waals surface area contributed by atoms with Crippen LogP contribution in [0.25, 0.3) is 0 Å². The van der Waals surface area contributed by atoms with Gasteiger partial charge < -0.3 is 15.0 Å². The largest absolute Gasteiger partial charge is 0.374 e. The summed E-state index contributed by atoms with van der Waals surface area (Å²) in [6.07, 6.45) is 0.00367. The molecule has 0 aromatic heterocycles. The zero-order chi connectivity index (χ0) is 14.4. The highest BCUT2D eigenvalue weighted by molar-refractivity contribution is 5.92. The molecular weight excluding hydrogens is 244 g/mol. The molecule has 108 valence electrons. The molecule has 2 fully saturated rings. The van der Waals surface area contributed by atoms with E-state index in [1.807, 2.05) is 20.8 Å². The number of nitrogens with zero attached hydrogens (tertiary/aromatic N) is 1. The first-order valence-electron chi connectivity index (χ1n) is 7.02. The Bertz CT molecular complexity index is 394. The first kappa shape index (κ1) is 14.3. The Kier molecular flexibility index (Phi) is 3.60. The summed E-state index contributed by atoms with van der Waals surface area (Å²) >= 11 is 0. The third kappa shape index (κ3) is 2.24. The number of rotatable bonds is 1. The Morgan fingerprint density at radius 3 is 2.47 bits per heavy atom. The van der Waals surface area contributed by atoms with Crippen molar-refractivity contribution >= 4 is 11.8 Å². The number of amides is 2. The monoisotopic (exact) mass is 268 g/mol. The fourth-order valence-corrected chi connectivity index (χ4v) is 3.16. The van der Waals surface area contributed by atoms with E-state index in [4.69, 9.17) is 4.74 Å². The molecule has 2 amide bonds. The van der Waals surface area contributed by atoms with Crippen molar-refractivity contribution in [2.75, 3.05) is 13.1 Å². The zero-order valence-electron chi connectivity index (χ0n) is 12.4. The van der Waals surface area contributed by atoms with Crippen LogP contribution in [0.4, 0.5) is 0 Å². The van der Waals surface area contributed by atoms with Crippen LogP contribution < -0.4 is 5.32 Å². The molecule has 2 rings (SSSR count). The van der Waals surface area contributed by atoms with Crippen LogP contribution >= 0.6 is 0 Å². The first-order valence-corrected chi connectivity index (χ1v) is 7.02. The van der Waals surface area contributed by atoms with Crippen molar-refractivity contribution in [2.45, 2.75) is 52.4 Å². The smallest absolute Gasteiger partial charge is 0.245 e. The molecule has 2 aliphatic rings.